The van der Waals surface area contributed by atoms with Gasteiger partial charge in [-0.1, -0.05) is 0 Å². The molecular formula is C12H23N3O2S. The lowest BCUT2D eigenvalue weighted by Gasteiger charge is -2.22. The van der Waals surface area contributed by atoms with Crippen molar-refractivity contribution in [2.45, 2.75) is 38.1 Å². The van der Waals surface area contributed by atoms with E-state index >= 15 is 0 Å². The fraction of sp³-hybridized carbons (Fsp3) is 0.917. The molecule has 18 heavy (non-hydrogen) atoms. The highest BCUT2D eigenvalue weighted by Gasteiger charge is 2.24. The van der Waals surface area contributed by atoms with Crippen LogP contribution in [-0.2, 0) is 9.84 Å². The van der Waals surface area contributed by atoms with Crippen molar-refractivity contribution in [1.82, 2.24) is 10.6 Å². The van der Waals surface area contributed by atoms with Crippen LogP contribution in [0.2, 0.25) is 0 Å². The highest BCUT2D eigenvalue weighted by molar-refractivity contribution is 7.91. The van der Waals surface area contributed by atoms with Gasteiger partial charge in [-0.25, -0.2) is 8.42 Å². The Kier molecular flexibility index (Phi) is 4.48. The van der Waals surface area contributed by atoms with Crippen LogP contribution in [0.1, 0.15) is 32.1 Å². The minimum atomic E-state index is -2.73. The number of hydrogen-bond acceptors (Lipinski definition) is 3. The van der Waals surface area contributed by atoms with Crippen LogP contribution in [0.15, 0.2) is 4.99 Å². The molecule has 0 spiro atoms. The smallest absolute Gasteiger partial charge is 0.191 e. The zero-order valence-corrected chi connectivity index (χ0v) is 11.8. The normalized spacial score (nSPS) is 24.8. The van der Waals surface area contributed by atoms with E-state index in [1.165, 1.54) is 12.8 Å². The third-order valence-corrected chi connectivity index (χ3v) is 5.38. The molecule has 0 aromatic carbocycles. The van der Waals surface area contributed by atoms with Crippen molar-refractivity contribution in [1.29, 1.82) is 0 Å². The molecule has 0 unspecified atom stereocenters. The standard InChI is InChI=1S/C12H23N3O2S/c1-13-12(15-11-2-3-11)14-7-4-10-5-8-18(16,17)9-6-10/h10-11H,2-9H2,1H3,(H2,13,14,15). The number of rotatable bonds is 4. The molecule has 5 nitrogen and oxygen atoms in total. The van der Waals surface area contributed by atoms with Crippen molar-refractivity contribution in [3.63, 3.8) is 0 Å². The SMILES string of the molecule is CN=C(NCCC1CCS(=O)(=O)CC1)NC1CC1. The number of sulfone groups is 1. The van der Waals surface area contributed by atoms with E-state index in [1.807, 2.05) is 0 Å². The Balaban J connectivity index is 1.62. The van der Waals surface area contributed by atoms with E-state index < -0.39 is 9.84 Å². The summed E-state index contributed by atoms with van der Waals surface area (Å²) in [5.41, 5.74) is 0. The highest BCUT2D eigenvalue weighted by Crippen LogP contribution is 2.21. The van der Waals surface area contributed by atoms with Gasteiger partial charge in [0.25, 0.3) is 0 Å². The number of nitrogens with zero attached hydrogens (tertiary/aromatic N) is 1. The summed E-state index contributed by atoms with van der Waals surface area (Å²) in [6.45, 7) is 0.872. The molecule has 6 heteroatoms. The van der Waals surface area contributed by atoms with Crippen molar-refractivity contribution < 1.29 is 8.42 Å². The molecule has 1 heterocycles. The van der Waals surface area contributed by atoms with Gasteiger partial charge in [-0.15, -0.1) is 0 Å². The van der Waals surface area contributed by atoms with E-state index in [0.29, 0.717) is 23.5 Å². The first-order valence-electron chi connectivity index (χ1n) is 6.76. The second-order valence-electron chi connectivity index (χ2n) is 5.30. The molecule has 2 rings (SSSR count). The third kappa shape index (κ3) is 4.48. The van der Waals surface area contributed by atoms with Crippen molar-refractivity contribution in [3.8, 4) is 0 Å². The van der Waals surface area contributed by atoms with Crippen LogP contribution in [0, 0.1) is 5.92 Å². The maximum absolute atomic E-state index is 11.3. The minimum Gasteiger partial charge on any atom is -0.356 e. The first-order chi connectivity index (χ1) is 8.59. The van der Waals surface area contributed by atoms with Crippen LogP contribution in [0.3, 0.4) is 0 Å². The van der Waals surface area contributed by atoms with E-state index in [9.17, 15) is 8.42 Å². The molecule has 1 saturated heterocycles. The Bertz CT molecular complexity index is 388. The largest absolute Gasteiger partial charge is 0.356 e. The number of nitrogens with one attached hydrogen (secondary N) is 2. The summed E-state index contributed by atoms with van der Waals surface area (Å²) in [4.78, 5) is 4.17. The molecule has 0 bridgehead atoms. The van der Waals surface area contributed by atoms with Crippen molar-refractivity contribution in [3.05, 3.63) is 0 Å². The molecule has 1 saturated carbocycles. The molecule has 2 fully saturated rings. The van der Waals surface area contributed by atoms with E-state index in [0.717, 1.165) is 31.8 Å². The molecule has 0 atom stereocenters. The maximum Gasteiger partial charge on any atom is 0.191 e. The van der Waals surface area contributed by atoms with Crippen LogP contribution in [0.4, 0.5) is 0 Å². The predicted octanol–water partition coefficient (Wildman–Crippen LogP) is 0.529. The molecular weight excluding hydrogens is 250 g/mol. The van der Waals surface area contributed by atoms with Crippen molar-refractivity contribution in [2.24, 2.45) is 10.9 Å². The summed E-state index contributed by atoms with van der Waals surface area (Å²) in [7, 11) is -0.943. The van der Waals surface area contributed by atoms with Gasteiger partial charge in [0.2, 0.25) is 0 Å². The van der Waals surface area contributed by atoms with Crippen molar-refractivity contribution >= 4 is 15.8 Å². The van der Waals surface area contributed by atoms with Gasteiger partial charge in [0, 0.05) is 19.6 Å². The summed E-state index contributed by atoms with van der Waals surface area (Å²) in [6.07, 6.45) is 5.14. The Morgan fingerprint density at radius 2 is 1.89 bits per heavy atom. The van der Waals surface area contributed by atoms with Crippen LogP contribution in [-0.4, -0.2) is 45.5 Å². The molecule has 1 aliphatic heterocycles. The summed E-state index contributed by atoms with van der Waals surface area (Å²) >= 11 is 0. The Hall–Kier alpha value is -0.780. The van der Waals surface area contributed by atoms with Crippen molar-refractivity contribution in [2.75, 3.05) is 25.1 Å². The van der Waals surface area contributed by atoms with Gasteiger partial charge < -0.3 is 10.6 Å². The number of aliphatic imine (C=N–C) groups is 1. The van der Waals surface area contributed by atoms with Gasteiger partial charge in [0.15, 0.2) is 5.96 Å². The fourth-order valence-corrected chi connectivity index (χ4v) is 3.83. The second-order valence-corrected chi connectivity index (χ2v) is 7.61. The van der Waals surface area contributed by atoms with Crippen LogP contribution in [0.25, 0.3) is 0 Å². The number of guanidine groups is 1. The van der Waals surface area contributed by atoms with Gasteiger partial charge in [0.05, 0.1) is 11.5 Å². The van der Waals surface area contributed by atoms with Gasteiger partial charge in [-0.2, -0.15) is 0 Å². The maximum atomic E-state index is 11.3. The predicted molar refractivity (Wildman–Crippen MR) is 73.5 cm³/mol. The molecule has 2 aliphatic rings. The van der Waals surface area contributed by atoms with Gasteiger partial charge >= 0.3 is 0 Å². The van der Waals surface area contributed by atoms with Crippen LogP contribution < -0.4 is 10.6 Å². The topological polar surface area (TPSA) is 70.6 Å². The Morgan fingerprint density at radius 1 is 1.22 bits per heavy atom. The quantitative estimate of drug-likeness (QED) is 0.579. The van der Waals surface area contributed by atoms with E-state index in [2.05, 4.69) is 15.6 Å². The zero-order chi connectivity index (χ0) is 13.0. The first kappa shape index (κ1) is 13.6. The molecule has 0 aromatic rings. The summed E-state index contributed by atoms with van der Waals surface area (Å²) < 4.78 is 22.6. The minimum absolute atomic E-state index is 0.368. The van der Waals surface area contributed by atoms with Gasteiger partial charge in [-0.3, -0.25) is 4.99 Å². The Labute approximate surface area is 109 Å². The zero-order valence-electron chi connectivity index (χ0n) is 11.0. The van der Waals surface area contributed by atoms with Crippen LogP contribution >= 0.6 is 0 Å². The molecule has 2 N–H and O–H groups in total. The lowest BCUT2D eigenvalue weighted by molar-refractivity contribution is 0.434. The third-order valence-electron chi connectivity index (χ3n) is 3.66. The summed E-state index contributed by atoms with van der Waals surface area (Å²) in [5, 5.41) is 6.63. The van der Waals surface area contributed by atoms with Gasteiger partial charge in [0.1, 0.15) is 9.84 Å². The van der Waals surface area contributed by atoms with Crippen LogP contribution in [0.5, 0.6) is 0 Å². The van der Waals surface area contributed by atoms with E-state index in [-0.39, 0.29) is 0 Å². The number of hydrogen-bond donors (Lipinski definition) is 2. The first-order valence-corrected chi connectivity index (χ1v) is 8.59. The molecule has 1 aliphatic carbocycles. The molecule has 0 aromatic heterocycles. The molecule has 0 radical (unpaired) electrons. The summed E-state index contributed by atoms with van der Waals surface area (Å²) in [6, 6.07) is 0.607. The molecule has 0 amide bonds. The average Bonchev–Trinajstić information content (AvgIpc) is 3.14. The van der Waals surface area contributed by atoms with E-state index in [4.69, 9.17) is 0 Å². The summed E-state index contributed by atoms with van der Waals surface area (Å²) in [5.74, 6) is 2.15. The fourth-order valence-electron chi connectivity index (χ4n) is 2.24. The highest BCUT2D eigenvalue weighted by atomic mass is 32.2. The lowest BCUT2D eigenvalue weighted by Crippen LogP contribution is -2.39. The van der Waals surface area contributed by atoms with E-state index in [1.54, 1.807) is 7.05 Å². The lowest BCUT2D eigenvalue weighted by atomic mass is 9.99. The molecule has 104 valence electrons. The Morgan fingerprint density at radius 3 is 2.44 bits per heavy atom. The van der Waals surface area contributed by atoms with Gasteiger partial charge in [-0.05, 0) is 38.0 Å². The monoisotopic (exact) mass is 273 g/mol. The average molecular weight is 273 g/mol. The second kappa shape index (κ2) is 5.91.